The SMILES string of the molecule is CC1(C)SCN(C(=O)[C@@H](O)[C@H](Cc2ccccc2)NC(=O)N2CCc3ccccc32)[C@@H]1C(=O)N[C@@H]1C=CCCC1. The van der Waals surface area contributed by atoms with Gasteiger partial charge in [0, 0.05) is 23.0 Å². The fourth-order valence-electron chi connectivity index (χ4n) is 5.84. The van der Waals surface area contributed by atoms with Crippen molar-refractivity contribution >= 4 is 35.3 Å². The number of aliphatic hydroxyl groups is 1. The van der Waals surface area contributed by atoms with E-state index < -0.39 is 28.8 Å². The molecule has 2 heterocycles. The molecule has 1 aliphatic carbocycles. The number of para-hydroxylation sites is 1. The maximum atomic E-state index is 13.9. The summed E-state index contributed by atoms with van der Waals surface area (Å²) < 4.78 is -0.532. The highest BCUT2D eigenvalue weighted by atomic mass is 32.2. The van der Waals surface area contributed by atoms with E-state index in [0.717, 1.165) is 42.5 Å². The van der Waals surface area contributed by atoms with Crippen molar-refractivity contribution in [2.75, 3.05) is 17.3 Å². The molecule has 9 heteroatoms. The lowest BCUT2D eigenvalue weighted by atomic mass is 9.96. The molecule has 0 bridgehead atoms. The Morgan fingerprint density at radius 2 is 1.85 bits per heavy atom. The molecule has 0 unspecified atom stereocenters. The molecule has 0 saturated carbocycles. The first-order chi connectivity index (χ1) is 19.2. The molecule has 2 aliphatic heterocycles. The van der Waals surface area contributed by atoms with Crippen molar-refractivity contribution in [2.45, 2.75) is 74.9 Å². The van der Waals surface area contributed by atoms with Gasteiger partial charge in [0.25, 0.3) is 5.91 Å². The van der Waals surface area contributed by atoms with Crippen LogP contribution in [0.5, 0.6) is 0 Å². The number of hydrogen-bond acceptors (Lipinski definition) is 5. The van der Waals surface area contributed by atoms with Gasteiger partial charge >= 0.3 is 6.03 Å². The number of fused-ring (bicyclic) bond motifs is 1. The van der Waals surface area contributed by atoms with E-state index in [1.165, 1.54) is 16.7 Å². The number of hydrogen-bond donors (Lipinski definition) is 3. The molecular formula is C31H38N4O4S. The summed E-state index contributed by atoms with van der Waals surface area (Å²) in [6.45, 7) is 4.43. The third-order valence-electron chi connectivity index (χ3n) is 8.03. The molecule has 4 amide bonds. The van der Waals surface area contributed by atoms with Crippen molar-refractivity contribution < 1.29 is 19.5 Å². The third-order valence-corrected chi connectivity index (χ3v) is 9.41. The second-order valence-electron chi connectivity index (χ2n) is 11.3. The molecule has 1 saturated heterocycles. The number of thioether (sulfide) groups is 1. The van der Waals surface area contributed by atoms with Crippen LogP contribution in [-0.2, 0) is 22.4 Å². The summed E-state index contributed by atoms with van der Waals surface area (Å²) in [6, 6.07) is 15.2. The zero-order valence-corrected chi connectivity index (χ0v) is 23.9. The molecule has 4 atom stereocenters. The minimum Gasteiger partial charge on any atom is -0.381 e. The average Bonchev–Trinajstić information content (AvgIpc) is 3.53. The van der Waals surface area contributed by atoms with Gasteiger partial charge < -0.3 is 20.6 Å². The summed E-state index contributed by atoms with van der Waals surface area (Å²) in [7, 11) is 0. The van der Waals surface area contributed by atoms with Gasteiger partial charge in [-0.05, 0) is 63.1 Å². The third kappa shape index (κ3) is 6.05. The van der Waals surface area contributed by atoms with Crippen LogP contribution in [0.4, 0.5) is 10.5 Å². The van der Waals surface area contributed by atoms with Gasteiger partial charge in [0.15, 0.2) is 6.10 Å². The molecular weight excluding hydrogens is 524 g/mol. The van der Waals surface area contributed by atoms with Crippen molar-refractivity contribution in [3.05, 3.63) is 77.9 Å². The van der Waals surface area contributed by atoms with Crippen LogP contribution in [0.3, 0.4) is 0 Å². The first kappa shape index (κ1) is 28.2. The van der Waals surface area contributed by atoms with Crippen LogP contribution in [0.25, 0.3) is 0 Å². The number of allylic oxidation sites excluding steroid dienone is 1. The quantitative estimate of drug-likeness (QED) is 0.448. The minimum absolute atomic E-state index is 0.0574. The number of aliphatic hydroxyl groups excluding tert-OH is 1. The first-order valence-electron chi connectivity index (χ1n) is 14.0. The van der Waals surface area contributed by atoms with Gasteiger partial charge in [0.1, 0.15) is 6.04 Å². The summed E-state index contributed by atoms with van der Waals surface area (Å²) in [5.74, 6) is -0.489. The molecule has 40 heavy (non-hydrogen) atoms. The molecule has 3 N–H and O–H groups in total. The lowest BCUT2D eigenvalue weighted by Crippen LogP contribution is -2.60. The summed E-state index contributed by atoms with van der Waals surface area (Å²) in [4.78, 5) is 44.0. The van der Waals surface area contributed by atoms with Crippen molar-refractivity contribution in [1.29, 1.82) is 0 Å². The van der Waals surface area contributed by atoms with Crippen LogP contribution in [0.2, 0.25) is 0 Å². The smallest absolute Gasteiger partial charge is 0.322 e. The number of benzene rings is 2. The number of rotatable bonds is 7. The Kier molecular flexibility index (Phi) is 8.51. The van der Waals surface area contributed by atoms with Gasteiger partial charge in [-0.1, -0.05) is 60.7 Å². The van der Waals surface area contributed by atoms with E-state index in [0.29, 0.717) is 6.54 Å². The molecule has 3 aliphatic rings. The molecule has 0 spiro atoms. The first-order valence-corrected chi connectivity index (χ1v) is 15.0. The number of carbonyl (C=O) groups is 3. The van der Waals surface area contributed by atoms with Crippen LogP contribution in [0.1, 0.15) is 44.2 Å². The maximum Gasteiger partial charge on any atom is 0.322 e. The van der Waals surface area contributed by atoms with E-state index in [-0.39, 0.29) is 30.3 Å². The number of nitrogens with one attached hydrogen (secondary N) is 2. The summed E-state index contributed by atoms with van der Waals surface area (Å²) >= 11 is 1.51. The van der Waals surface area contributed by atoms with Crippen LogP contribution in [0.15, 0.2) is 66.7 Å². The summed E-state index contributed by atoms with van der Waals surface area (Å²) in [5.41, 5.74) is 2.81. The van der Waals surface area contributed by atoms with Crippen molar-refractivity contribution in [3.63, 3.8) is 0 Å². The predicted octanol–water partition coefficient (Wildman–Crippen LogP) is 3.64. The fourth-order valence-corrected chi connectivity index (χ4v) is 6.98. The van der Waals surface area contributed by atoms with E-state index in [2.05, 4.69) is 16.7 Å². The van der Waals surface area contributed by atoms with Gasteiger partial charge in [-0.25, -0.2) is 4.79 Å². The van der Waals surface area contributed by atoms with Crippen LogP contribution in [-0.4, -0.2) is 69.2 Å². The minimum atomic E-state index is -1.53. The maximum absolute atomic E-state index is 13.9. The van der Waals surface area contributed by atoms with E-state index in [1.807, 2.05) is 74.5 Å². The Morgan fingerprint density at radius 3 is 2.60 bits per heavy atom. The summed E-state index contributed by atoms with van der Waals surface area (Å²) in [6.07, 6.45) is 6.46. The number of nitrogens with zero attached hydrogens (tertiary/aromatic N) is 2. The monoisotopic (exact) mass is 562 g/mol. The standard InChI is InChI=1S/C31H38N4O4S/c1-31(2)27(28(37)32-23-14-7-4-8-15-23)35(20-40-31)29(38)26(36)24(19-21-11-5-3-6-12-21)33-30(39)34-18-17-22-13-9-10-16-25(22)34/h3,5-7,9-14,16,23-24,26-27,36H,4,8,15,17-20H2,1-2H3,(H,32,37)(H,33,39)/t23-,24+,26+,27-/m1/s1. The highest BCUT2D eigenvalue weighted by Crippen LogP contribution is 2.40. The number of anilines is 1. The molecule has 5 rings (SSSR count). The summed E-state index contributed by atoms with van der Waals surface area (Å²) in [5, 5.41) is 17.6. The molecule has 2 aromatic rings. The number of amides is 4. The van der Waals surface area contributed by atoms with E-state index >= 15 is 0 Å². The van der Waals surface area contributed by atoms with E-state index in [1.54, 1.807) is 4.90 Å². The van der Waals surface area contributed by atoms with Gasteiger partial charge in [-0.2, -0.15) is 0 Å². The molecule has 0 aromatic heterocycles. The van der Waals surface area contributed by atoms with Crippen LogP contribution in [0, 0.1) is 0 Å². The lowest BCUT2D eigenvalue weighted by molar-refractivity contribution is -0.147. The Bertz CT molecular complexity index is 1270. The van der Waals surface area contributed by atoms with Gasteiger partial charge in [-0.3, -0.25) is 14.5 Å². The van der Waals surface area contributed by atoms with Crippen LogP contribution < -0.4 is 15.5 Å². The normalized spacial score (nSPS) is 22.9. The Balaban J connectivity index is 1.35. The molecule has 212 valence electrons. The lowest BCUT2D eigenvalue weighted by Gasteiger charge is -2.34. The van der Waals surface area contributed by atoms with Crippen LogP contribution >= 0.6 is 11.8 Å². The largest absolute Gasteiger partial charge is 0.381 e. The van der Waals surface area contributed by atoms with Crippen molar-refractivity contribution in [1.82, 2.24) is 15.5 Å². The zero-order valence-electron chi connectivity index (χ0n) is 23.1. The van der Waals surface area contributed by atoms with E-state index in [9.17, 15) is 19.5 Å². The zero-order chi connectivity index (χ0) is 28.3. The molecule has 0 radical (unpaired) electrons. The number of carbonyl (C=O) groups excluding carboxylic acids is 3. The Labute approximate surface area is 240 Å². The van der Waals surface area contributed by atoms with Gasteiger partial charge in [-0.15, -0.1) is 11.8 Å². The number of urea groups is 1. The highest BCUT2D eigenvalue weighted by Gasteiger charge is 2.50. The molecule has 1 fully saturated rings. The second kappa shape index (κ2) is 12.1. The van der Waals surface area contributed by atoms with E-state index in [4.69, 9.17) is 0 Å². The second-order valence-corrected chi connectivity index (χ2v) is 12.9. The molecule has 8 nitrogen and oxygen atoms in total. The fraction of sp³-hybridized carbons (Fsp3) is 0.452. The highest BCUT2D eigenvalue weighted by molar-refractivity contribution is 8.00. The van der Waals surface area contributed by atoms with Gasteiger partial charge in [0.05, 0.1) is 11.9 Å². The van der Waals surface area contributed by atoms with Gasteiger partial charge in [0.2, 0.25) is 5.91 Å². The Hall–Kier alpha value is -3.30. The Morgan fingerprint density at radius 1 is 1.10 bits per heavy atom. The average molecular weight is 563 g/mol. The topological polar surface area (TPSA) is 102 Å². The predicted molar refractivity (Wildman–Crippen MR) is 158 cm³/mol. The van der Waals surface area contributed by atoms with Crippen molar-refractivity contribution in [3.8, 4) is 0 Å². The molecule has 2 aromatic carbocycles. The van der Waals surface area contributed by atoms with Crippen molar-refractivity contribution in [2.24, 2.45) is 0 Å².